The predicted molar refractivity (Wildman–Crippen MR) is 220 cm³/mol. The average Bonchev–Trinajstić information content (AvgIpc) is 3.72. The van der Waals surface area contributed by atoms with Crippen LogP contribution in [0.2, 0.25) is 0 Å². The molecule has 0 fully saturated rings. The zero-order chi connectivity index (χ0) is 34.2. The summed E-state index contributed by atoms with van der Waals surface area (Å²) in [6.07, 6.45) is 0. The minimum Gasteiger partial charge on any atom is -0.310 e. The van der Waals surface area contributed by atoms with Crippen molar-refractivity contribution < 1.29 is 0 Å². The standard InChI is InChI=1S/C50H32N2/c1-3-14-33(15-4-1)39-20-9-11-24-46(39)51(38-27-29-48-45(32-38)41-22-10-12-25-47(41)52(48)36-18-5-2-6-19-36)37-26-28-43-44(31-37)42-23-13-17-35-30-34-16-7-8-21-40(34)50(43)49(35)42/h1-32H. The second-order valence-corrected chi connectivity index (χ2v) is 13.7. The molecule has 0 unspecified atom stereocenters. The molecule has 1 aromatic heterocycles. The highest BCUT2D eigenvalue weighted by Crippen LogP contribution is 2.53. The summed E-state index contributed by atoms with van der Waals surface area (Å²) in [5, 5.41) is 7.68. The van der Waals surface area contributed by atoms with Crippen molar-refractivity contribution in [3.63, 3.8) is 0 Å². The van der Waals surface area contributed by atoms with Gasteiger partial charge < -0.3 is 9.47 Å². The molecule has 0 bridgehead atoms. The molecular weight excluding hydrogens is 629 g/mol. The molecule has 0 spiro atoms. The van der Waals surface area contributed by atoms with Gasteiger partial charge in [-0.05, 0) is 110 Å². The molecule has 0 N–H and O–H groups in total. The van der Waals surface area contributed by atoms with Crippen molar-refractivity contribution in [2.45, 2.75) is 0 Å². The smallest absolute Gasteiger partial charge is 0.0542 e. The maximum Gasteiger partial charge on any atom is 0.0542 e. The largest absolute Gasteiger partial charge is 0.310 e. The van der Waals surface area contributed by atoms with E-state index in [4.69, 9.17) is 0 Å². The van der Waals surface area contributed by atoms with Gasteiger partial charge in [0, 0.05) is 33.4 Å². The van der Waals surface area contributed by atoms with Crippen LogP contribution in [0.4, 0.5) is 17.1 Å². The highest BCUT2D eigenvalue weighted by Gasteiger charge is 2.26. The number of benzene rings is 9. The maximum absolute atomic E-state index is 2.46. The van der Waals surface area contributed by atoms with E-state index in [1.165, 1.54) is 76.7 Å². The molecule has 1 aliphatic rings. The lowest BCUT2D eigenvalue weighted by molar-refractivity contribution is 1.18. The van der Waals surface area contributed by atoms with Gasteiger partial charge in [0.15, 0.2) is 0 Å². The summed E-state index contributed by atoms with van der Waals surface area (Å²) in [5.74, 6) is 0. The van der Waals surface area contributed by atoms with E-state index in [0.717, 1.165) is 22.7 Å². The Morgan fingerprint density at radius 1 is 0.365 bits per heavy atom. The highest BCUT2D eigenvalue weighted by molar-refractivity contribution is 6.24. The van der Waals surface area contributed by atoms with Gasteiger partial charge in [0.2, 0.25) is 0 Å². The van der Waals surface area contributed by atoms with Gasteiger partial charge in [-0.25, -0.2) is 0 Å². The molecule has 0 atom stereocenters. The molecule has 2 nitrogen and oxygen atoms in total. The van der Waals surface area contributed by atoms with E-state index < -0.39 is 0 Å². The molecule has 11 rings (SSSR count). The summed E-state index contributed by atoms with van der Waals surface area (Å²) in [7, 11) is 0. The third kappa shape index (κ3) is 4.25. The molecule has 0 saturated carbocycles. The summed E-state index contributed by atoms with van der Waals surface area (Å²) in [6, 6.07) is 71.0. The van der Waals surface area contributed by atoms with Gasteiger partial charge in [0.25, 0.3) is 0 Å². The van der Waals surface area contributed by atoms with Gasteiger partial charge >= 0.3 is 0 Å². The van der Waals surface area contributed by atoms with Crippen LogP contribution in [0.5, 0.6) is 0 Å². The SMILES string of the molecule is c1ccc(-c2ccccc2N(c2ccc3c(c2)-c2cccc4cc5ccccc5c-3c24)c2ccc3c(c2)c2ccccc2n3-c2ccccc2)cc1. The second kappa shape index (κ2) is 11.3. The summed E-state index contributed by atoms with van der Waals surface area (Å²) >= 11 is 0. The topological polar surface area (TPSA) is 8.17 Å². The number of nitrogens with zero attached hydrogens (tertiary/aromatic N) is 2. The van der Waals surface area contributed by atoms with Gasteiger partial charge in [-0.2, -0.15) is 0 Å². The fraction of sp³-hybridized carbons (Fsp3) is 0. The van der Waals surface area contributed by atoms with Crippen molar-refractivity contribution in [3.05, 3.63) is 194 Å². The van der Waals surface area contributed by atoms with Crippen molar-refractivity contribution in [2.24, 2.45) is 0 Å². The first-order valence-corrected chi connectivity index (χ1v) is 17.9. The van der Waals surface area contributed by atoms with Crippen molar-refractivity contribution in [3.8, 4) is 39.1 Å². The maximum atomic E-state index is 2.46. The molecule has 1 heterocycles. The van der Waals surface area contributed by atoms with E-state index in [2.05, 4.69) is 204 Å². The van der Waals surface area contributed by atoms with Crippen LogP contribution >= 0.6 is 0 Å². The van der Waals surface area contributed by atoms with Crippen molar-refractivity contribution in [1.29, 1.82) is 0 Å². The number of aromatic nitrogens is 1. The summed E-state index contributed by atoms with van der Waals surface area (Å²) in [4.78, 5) is 2.46. The summed E-state index contributed by atoms with van der Waals surface area (Å²) < 4.78 is 2.38. The number of fused-ring (bicyclic) bond motifs is 8. The van der Waals surface area contributed by atoms with Crippen LogP contribution in [0.25, 0.3) is 82.4 Å². The van der Waals surface area contributed by atoms with Crippen molar-refractivity contribution in [2.75, 3.05) is 4.90 Å². The van der Waals surface area contributed by atoms with E-state index in [-0.39, 0.29) is 0 Å². The molecule has 0 radical (unpaired) electrons. The zero-order valence-corrected chi connectivity index (χ0v) is 28.4. The highest BCUT2D eigenvalue weighted by atomic mass is 15.1. The third-order valence-corrected chi connectivity index (χ3v) is 10.9. The number of para-hydroxylation sites is 3. The number of anilines is 3. The Kier molecular flexibility index (Phi) is 6.28. The minimum absolute atomic E-state index is 1.12. The molecule has 0 aliphatic heterocycles. The van der Waals surface area contributed by atoms with E-state index >= 15 is 0 Å². The van der Waals surface area contributed by atoms with Gasteiger partial charge in [0.05, 0.1) is 16.7 Å². The summed E-state index contributed by atoms with van der Waals surface area (Å²) in [6.45, 7) is 0. The number of rotatable bonds is 5. The van der Waals surface area contributed by atoms with E-state index in [0.29, 0.717) is 0 Å². The van der Waals surface area contributed by atoms with Crippen LogP contribution in [-0.4, -0.2) is 4.57 Å². The van der Waals surface area contributed by atoms with E-state index in [1.807, 2.05) is 0 Å². The fourth-order valence-electron chi connectivity index (χ4n) is 8.65. The molecule has 2 heteroatoms. The molecule has 52 heavy (non-hydrogen) atoms. The van der Waals surface area contributed by atoms with E-state index in [9.17, 15) is 0 Å². The van der Waals surface area contributed by atoms with Crippen molar-refractivity contribution in [1.82, 2.24) is 4.57 Å². The average molecular weight is 661 g/mol. The van der Waals surface area contributed by atoms with Crippen LogP contribution in [-0.2, 0) is 0 Å². The van der Waals surface area contributed by atoms with Crippen molar-refractivity contribution >= 4 is 60.4 Å². The fourth-order valence-corrected chi connectivity index (χ4v) is 8.65. The van der Waals surface area contributed by atoms with Crippen LogP contribution in [0, 0.1) is 0 Å². The first-order valence-electron chi connectivity index (χ1n) is 17.9. The molecule has 9 aromatic carbocycles. The Morgan fingerprint density at radius 3 is 1.90 bits per heavy atom. The Bertz CT molecular complexity index is 3010. The van der Waals surface area contributed by atoms with Crippen LogP contribution < -0.4 is 4.90 Å². The first kappa shape index (κ1) is 28.9. The molecule has 0 saturated heterocycles. The van der Waals surface area contributed by atoms with Crippen LogP contribution in [0.1, 0.15) is 0 Å². The molecular formula is C50H32N2. The van der Waals surface area contributed by atoms with Crippen LogP contribution in [0.3, 0.4) is 0 Å². The molecule has 10 aromatic rings. The lowest BCUT2D eigenvalue weighted by Crippen LogP contribution is -2.11. The molecule has 0 amide bonds. The lowest BCUT2D eigenvalue weighted by Gasteiger charge is -2.28. The van der Waals surface area contributed by atoms with Gasteiger partial charge in [-0.1, -0.05) is 133 Å². The zero-order valence-electron chi connectivity index (χ0n) is 28.4. The van der Waals surface area contributed by atoms with E-state index in [1.54, 1.807) is 0 Å². The Morgan fingerprint density at radius 2 is 1.02 bits per heavy atom. The summed E-state index contributed by atoms with van der Waals surface area (Å²) in [5.41, 5.74) is 14.5. The van der Waals surface area contributed by atoms with Gasteiger partial charge in [0.1, 0.15) is 0 Å². The van der Waals surface area contributed by atoms with Crippen LogP contribution in [0.15, 0.2) is 194 Å². The van der Waals surface area contributed by atoms with Gasteiger partial charge in [-0.15, -0.1) is 0 Å². The first-order chi connectivity index (χ1) is 25.8. The Hall–Kier alpha value is -6.90. The Balaban J connectivity index is 1.18. The number of hydrogen-bond donors (Lipinski definition) is 0. The minimum atomic E-state index is 1.12. The molecule has 1 aliphatic carbocycles. The lowest BCUT2D eigenvalue weighted by atomic mass is 9.96. The predicted octanol–water partition coefficient (Wildman–Crippen LogP) is 13.9. The third-order valence-electron chi connectivity index (χ3n) is 10.9. The normalized spacial score (nSPS) is 11.8. The second-order valence-electron chi connectivity index (χ2n) is 13.7. The quantitative estimate of drug-likeness (QED) is 0.167. The molecule has 242 valence electrons. The number of hydrogen-bond acceptors (Lipinski definition) is 1. The van der Waals surface area contributed by atoms with Gasteiger partial charge in [-0.3, -0.25) is 0 Å². The monoisotopic (exact) mass is 660 g/mol. The Labute approximate surface area is 302 Å².